The van der Waals surface area contributed by atoms with E-state index in [1.807, 2.05) is 30.3 Å². The minimum atomic E-state index is 0.290. The van der Waals surface area contributed by atoms with Gasteiger partial charge in [-0.2, -0.15) is 4.98 Å². The summed E-state index contributed by atoms with van der Waals surface area (Å²) in [5, 5.41) is 12.0. The highest BCUT2D eigenvalue weighted by Crippen LogP contribution is 2.20. The van der Waals surface area contributed by atoms with E-state index >= 15 is 0 Å². The van der Waals surface area contributed by atoms with Crippen LogP contribution >= 0.6 is 11.6 Å². The van der Waals surface area contributed by atoms with Crippen LogP contribution in [-0.4, -0.2) is 24.9 Å². The molecule has 2 aromatic heterocycles. The van der Waals surface area contributed by atoms with Crippen LogP contribution in [0.15, 0.2) is 41.2 Å². The molecule has 18 heavy (non-hydrogen) atoms. The van der Waals surface area contributed by atoms with Gasteiger partial charge in [-0.3, -0.25) is 4.57 Å². The van der Waals surface area contributed by atoms with Crippen LogP contribution in [0.4, 0.5) is 0 Å². The van der Waals surface area contributed by atoms with Crippen LogP contribution < -0.4 is 0 Å². The van der Waals surface area contributed by atoms with E-state index < -0.39 is 0 Å². The molecule has 3 aromatic rings. The van der Waals surface area contributed by atoms with Crippen LogP contribution in [0.2, 0.25) is 5.28 Å². The van der Waals surface area contributed by atoms with Crippen LogP contribution in [0.25, 0.3) is 11.4 Å². The molecule has 2 heterocycles. The Balaban J connectivity index is 2.02. The van der Waals surface area contributed by atoms with Crippen molar-refractivity contribution in [3.05, 3.63) is 47.8 Å². The Hall–Kier alpha value is -2.21. The summed E-state index contributed by atoms with van der Waals surface area (Å²) in [6, 6.07) is 9.67. The number of hydrogen-bond donors (Lipinski definition) is 0. The summed E-state index contributed by atoms with van der Waals surface area (Å²) in [5.41, 5.74) is 0.931. The lowest BCUT2D eigenvalue weighted by Crippen LogP contribution is -2.04. The molecule has 3 rings (SSSR count). The molecule has 7 heteroatoms. The molecule has 0 atom stereocenters. The van der Waals surface area contributed by atoms with Crippen molar-refractivity contribution in [3.8, 4) is 11.4 Å². The average Bonchev–Trinajstić information content (AvgIpc) is 3.03. The van der Waals surface area contributed by atoms with Crippen molar-refractivity contribution in [3.63, 3.8) is 0 Å². The molecule has 90 valence electrons. The molecule has 0 bridgehead atoms. The van der Waals surface area contributed by atoms with Gasteiger partial charge in [0.05, 0.1) is 6.54 Å². The summed E-state index contributed by atoms with van der Waals surface area (Å²) in [7, 11) is 0. The fraction of sp³-hybridized carbons (Fsp3) is 0.0909. The van der Waals surface area contributed by atoms with Crippen molar-refractivity contribution in [1.82, 2.24) is 24.9 Å². The lowest BCUT2D eigenvalue weighted by Gasteiger charge is -2.04. The van der Waals surface area contributed by atoms with E-state index in [9.17, 15) is 0 Å². The topological polar surface area (TPSA) is 69.6 Å². The SMILES string of the molecule is Clc1nnc(-c2ccccc2)n1Cc1ncon1. The average molecular weight is 262 g/mol. The smallest absolute Gasteiger partial charge is 0.225 e. The summed E-state index contributed by atoms with van der Waals surface area (Å²) >= 11 is 6.01. The summed E-state index contributed by atoms with van der Waals surface area (Å²) in [5.74, 6) is 1.19. The quantitative estimate of drug-likeness (QED) is 0.721. The van der Waals surface area contributed by atoms with Crippen LogP contribution in [0.1, 0.15) is 5.82 Å². The van der Waals surface area contributed by atoms with Gasteiger partial charge in [-0.15, -0.1) is 10.2 Å². The van der Waals surface area contributed by atoms with Gasteiger partial charge >= 0.3 is 0 Å². The van der Waals surface area contributed by atoms with Crippen molar-refractivity contribution in [1.29, 1.82) is 0 Å². The van der Waals surface area contributed by atoms with Gasteiger partial charge in [-0.25, -0.2) is 0 Å². The second kappa shape index (κ2) is 4.58. The number of aromatic nitrogens is 5. The van der Waals surface area contributed by atoms with Crippen LogP contribution in [0.3, 0.4) is 0 Å². The van der Waals surface area contributed by atoms with E-state index in [4.69, 9.17) is 16.1 Å². The van der Waals surface area contributed by atoms with Crippen molar-refractivity contribution in [2.45, 2.75) is 6.54 Å². The first-order chi connectivity index (χ1) is 8.84. The maximum absolute atomic E-state index is 6.01. The first-order valence-electron chi connectivity index (χ1n) is 5.24. The van der Waals surface area contributed by atoms with E-state index in [0.717, 1.165) is 5.56 Å². The van der Waals surface area contributed by atoms with Crippen molar-refractivity contribution >= 4 is 11.6 Å². The van der Waals surface area contributed by atoms with Crippen LogP contribution in [0.5, 0.6) is 0 Å². The zero-order chi connectivity index (χ0) is 12.4. The molecular weight excluding hydrogens is 254 g/mol. The third-order valence-electron chi connectivity index (χ3n) is 2.44. The normalized spacial score (nSPS) is 10.7. The Bertz CT molecular complexity index is 635. The highest BCUT2D eigenvalue weighted by molar-refractivity contribution is 6.28. The van der Waals surface area contributed by atoms with Gasteiger partial charge in [-0.05, 0) is 11.6 Å². The Labute approximate surface area is 107 Å². The molecule has 6 nitrogen and oxygen atoms in total. The van der Waals surface area contributed by atoms with Crippen molar-refractivity contribution < 1.29 is 4.52 Å². The number of benzene rings is 1. The fourth-order valence-corrected chi connectivity index (χ4v) is 1.81. The molecule has 0 unspecified atom stereocenters. The standard InChI is InChI=1S/C11H8ClN5O/c12-11-15-14-10(8-4-2-1-3-5-8)17(11)6-9-13-7-18-16-9/h1-5,7H,6H2. The third-order valence-corrected chi connectivity index (χ3v) is 2.72. The van der Waals surface area contributed by atoms with Crippen molar-refractivity contribution in [2.75, 3.05) is 0 Å². The summed E-state index contributed by atoms with van der Waals surface area (Å²) in [6.45, 7) is 0.368. The lowest BCUT2D eigenvalue weighted by molar-refractivity contribution is 0.408. The van der Waals surface area contributed by atoms with Gasteiger partial charge < -0.3 is 4.52 Å². The minimum absolute atomic E-state index is 0.290. The van der Waals surface area contributed by atoms with Gasteiger partial charge in [0.15, 0.2) is 11.6 Å². The molecule has 0 spiro atoms. The maximum atomic E-state index is 6.01. The number of nitrogens with zero attached hydrogens (tertiary/aromatic N) is 5. The highest BCUT2D eigenvalue weighted by Gasteiger charge is 2.13. The largest absolute Gasteiger partial charge is 0.343 e. The van der Waals surface area contributed by atoms with Crippen molar-refractivity contribution in [2.24, 2.45) is 0 Å². The molecule has 1 aromatic carbocycles. The van der Waals surface area contributed by atoms with Crippen LogP contribution in [-0.2, 0) is 6.54 Å². The molecule has 0 amide bonds. The number of hydrogen-bond acceptors (Lipinski definition) is 5. The summed E-state index contributed by atoms with van der Waals surface area (Å²) < 4.78 is 6.41. The maximum Gasteiger partial charge on any atom is 0.225 e. The molecule has 0 aliphatic carbocycles. The van der Waals surface area contributed by atoms with Gasteiger partial charge in [0.2, 0.25) is 11.7 Å². The van der Waals surface area contributed by atoms with Gasteiger partial charge in [0.25, 0.3) is 0 Å². The van der Waals surface area contributed by atoms with Crippen LogP contribution in [0, 0.1) is 0 Å². The molecule has 0 radical (unpaired) electrons. The molecule has 0 saturated heterocycles. The second-order valence-corrected chi connectivity index (χ2v) is 3.93. The Morgan fingerprint density at radius 2 is 2.00 bits per heavy atom. The zero-order valence-electron chi connectivity index (χ0n) is 9.19. The Morgan fingerprint density at radius 1 is 1.17 bits per heavy atom. The lowest BCUT2D eigenvalue weighted by atomic mass is 10.2. The molecule has 0 saturated carbocycles. The molecule has 0 aliphatic rings. The van der Waals surface area contributed by atoms with E-state index in [-0.39, 0.29) is 0 Å². The molecule has 0 fully saturated rings. The number of rotatable bonds is 3. The summed E-state index contributed by atoms with van der Waals surface area (Å²) in [6.07, 6.45) is 1.27. The van der Waals surface area contributed by atoms with Gasteiger partial charge in [0, 0.05) is 5.56 Å². The third kappa shape index (κ3) is 1.98. The highest BCUT2D eigenvalue weighted by atomic mass is 35.5. The Morgan fingerprint density at radius 3 is 2.72 bits per heavy atom. The predicted molar refractivity (Wildman–Crippen MR) is 63.9 cm³/mol. The van der Waals surface area contributed by atoms with E-state index in [1.165, 1.54) is 6.39 Å². The minimum Gasteiger partial charge on any atom is -0.343 e. The second-order valence-electron chi connectivity index (χ2n) is 3.59. The fourth-order valence-electron chi connectivity index (χ4n) is 1.63. The first-order valence-corrected chi connectivity index (χ1v) is 5.62. The Kier molecular flexibility index (Phi) is 2.77. The zero-order valence-corrected chi connectivity index (χ0v) is 9.95. The molecular formula is C11H8ClN5O. The first kappa shape index (κ1) is 10.9. The number of halogens is 1. The molecule has 0 N–H and O–H groups in total. The molecule has 0 aliphatic heterocycles. The van der Waals surface area contributed by atoms with Gasteiger partial charge in [0.1, 0.15) is 0 Å². The van der Waals surface area contributed by atoms with E-state index in [0.29, 0.717) is 23.5 Å². The predicted octanol–water partition coefficient (Wildman–Crippen LogP) is 2.03. The van der Waals surface area contributed by atoms with E-state index in [2.05, 4.69) is 20.3 Å². The monoisotopic (exact) mass is 261 g/mol. The summed E-state index contributed by atoms with van der Waals surface area (Å²) in [4.78, 5) is 3.95. The van der Waals surface area contributed by atoms with E-state index in [1.54, 1.807) is 4.57 Å². The van der Waals surface area contributed by atoms with Gasteiger partial charge in [-0.1, -0.05) is 35.5 Å².